The number of rotatable bonds is 7. The Kier molecular flexibility index (Phi) is 7.00. The number of fused-ring (bicyclic) bond motifs is 1. The van der Waals surface area contributed by atoms with Gasteiger partial charge in [0.15, 0.2) is 10.5 Å². The number of sulfonamides is 1. The molecule has 1 amide bonds. The van der Waals surface area contributed by atoms with Crippen molar-refractivity contribution in [1.82, 2.24) is 19.3 Å². The molecule has 1 N–H and O–H groups in total. The molecule has 0 aliphatic carbocycles. The minimum atomic E-state index is -4.22. The summed E-state index contributed by atoms with van der Waals surface area (Å²) in [6.45, 7) is 4.70. The Morgan fingerprint density at radius 3 is 2.67 bits per heavy atom. The third-order valence-electron chi connectivity index (χ3n) is 4.18. The Morgan fingerprint density at radius 1 is 1.30 bits per heavy atom. The van der Waals surface area contributed by atoms with Gasteiger partial charge < -0.3 is 4.74 Å². The molecular weight excluding hydrogens is 520 g/mol. The summed E-state index contributed by atoms with van der Waals surface area (Å²) in [6.07, 6.45) is 2.40. The fourth-order valence-electron chi connectivity index (χ4n) is 2.80. The molecule has 14 heteroatoms. The van der Waals surface area contributed by atoms with Crippen molar-refractivity contribution in [3.8, 4) is 0 Å². The number of hydrogen-bond donors (Lipinski definition) is 1. The van der Waals surface area contributed by atoms with Crippen molar-refractivity contribution in [2.24, 2.45) is 0 Å². The minimum Gasteiger partial charge on any atom is -0.443 e. The average Bonchev–Trinajstić information content (AvgIpc) is 3.10. The van der Waals surface area contributed by atoms with Crippen molar-refractivity contribution in [3.05, 3.63) is 57.3 Å². The zero-order valence-electron chi connectivity index (χ0n) is 17.9. The van der Waals surface area contributed by atoms with E-state index in [1.807, 2.05) is 0 Å². The number of nitrogens with zero attached hydrogens (tertiary/aromatic N) is 5. The summed E-state index contributed by atoms with van der Waals surface area (Å²) in [4.78, 5) is 28.4. The fourth-order valence-corrected chi connectivity index (χ4v) is 4.36. The van der Waals surface area contributed by atoms with Crippen LogP contribution in [0.4, 0.5) is 16.3 Å². The summed E-state index contributed by atoms with van der Waals surface area (Å²) in [6, 6.07) is 6.53. The third kappa shape index (κ3) is 5.83. The molecule has 1 aromatic carbocycles. The van der Waals surface area contributed by atoms with Crippen LogP contribution >= 0.6 is 15.9 Å². The van der Waals surface area contributed by atoms with Crippen molar-refractivity contribution in [3.63, 3.8) is 0 Å². The van der Waals surface area contributed by atoms with Gasteiger partial charge in [0.25, 0.3) is 5.69 Å². The first-order valence-electron chi connectivity index (χ1n) is 9.62. The average molecular weight is 541 g/mol. The molecule has 0 fully saturated rings. The lowest BCUT2D eigenvalue weighted by molar-refractivity contribution is -0.387. The molecule has 3 aromatic rings. The molecule has 0 atom stereocenters. The maximum Gasteiger partial charge on any atom is 0.416 e. The number of aromatic nitrogens is 3. The second kappa shape index (κ2) is 9.41. The number of carbonyl (C=O) groups is 1. The van der Waals surface area contributed by atoms with Crippen molar-refractivity contribution in [2.75, 3.05) is 18.0 Å². The second-order valence-electron chi connectivity index (χ2n) is 7.80. The van der Waals surface area contributed by atoms with Crippen LogP contribution in [0, 0.1) is 10.1 Å². The summed E-state index contributed by atoms with van der Waals surface area (Å²) in [5.74, 6) is 0.211. The maximum atomic E-state index is 12.9. The molecule has 0 unspecified atom stereocenters. The number of anilines is 1. The second-order valence-corrected chi connectivity index (χ2v) is 10.4. The van der Waals surface area contributed by atoms with Crippen LogP contribution in [0.15, 0.2) is 52.1 Å². The lowest BCUT2D eigenvalue weighted by Gasteiger charge is -2.27. The summed E-state index contributed by atoms with van der Waals surface area (Å²) in [5, 5.41) is 15.3. The number of ether oxygens (including phenoxy) is 1. The molecule has 0 spiro atoms. The number of nitrogens with one attached hydrogen (secondary N) is 1. The predicted octanol–water partition coefficient (Wildman–Crippen LogP) is 3.12. The monoisotopic (exact) mass is 540 g/mol. The van der Waals surface area contributed by atoms with Gasteiger partial charge in [0.1, 0.15) is 11.4 Å². The van der Waals surface area contributed by atoms with Crippen molar-refractivity contribution in [1.29, 1.82) is 0 Å². The molecule has 2 aromatic heterocycles. The van der Waals surface area contributed by atoms with E-state index in [-0.39, 0.29) is 18.9 Å². The van der Waals surface area contributed by atoms with E-state index in [0.29, 0.717) is 10.1 Å². The lowest BCUT2D eigenvalue weighted by atomic mass is 10.2. The molecule has 0 aliphatic heterocycles. The van der Waals surface area contributed by atoms with E-state index in [1.165, 1.54) is 27.6 Å². The molecule has 12 nitrogen and oxygen atoms in total. The molecule has 0 aliphatic rings. The van der Waals surface area contributed by atoms with Crippen LogP contribution in [-0.2, 0) is 14.8 Å². The zero-order chi connectivity index (χ0) is 24.4. The first-order chi connectivity index (χ1) is 15.4. The minimum absolute atomic E-state index is 0.149. The Labute approximate surface area is 197 Å². The number of hydrogen-bond acceptors (Lipinski definition) is 8. The summed E-state index contributed by atoms with van der Waals surface area (Å²) >= 11 is 3.33. The molecule has 0 saturated carbocycles. The van der Waals surface area contributed by atoms with Crippen LogP contribution in [0.2, 0.25) is 0 Å². The topological polar surface area (TPSA) is 149 Å². The lowest BCUT2D eigenvalue weighted by Crippen LogP contribution is -2.42. The van der Waals surface area contributed by atoms with Crippen LogP contribution in [0.25, 0.3) is 5.65 Å². The number of carbonyl (C=O) groups excluding carboxylic acids is 1. The SMILES string of the molecule is CC(C)(C)OC(=O)N(CCNS(=O)(=O)c1ccccc1[N+](=O)[O-])c1ccn2ncc(Br)c2n1. The normalized spacial score (nSPS) is 12.0. The Morgan fingerprint density at radius 2 is 2.00 bits per heavy atom. The third-order valence-corrected chi connectivity index (χ3v) is 6.25. The highest BCUT2D eigenvalue weighted by molar-refractivity contribution is 9.10. The van der Waals surface area contributed by atoms with Gasteiger partial charge in [-0.2, -0.15) is 5.10 Å². The van der Waals surface area contributed by atoms with E-state index in [4.69, 9.17) is 4.74 Å². The predicted molar refractivity (Wildman–Crippen MR) is 123 cm³/mol. The molecular formula is C19H21BrN6O6S. The summed E-state index contributed by atoms with van der Waals surface area (Å²) < 4.78 is 35.2. The van der Waals surface area contributed by atoms with E-state index in [0.717, 1.165) is 12.1 Å². The first-order valence-corrected chi connectivity index (χ1v) is 11.9. The Hall–Kier alpha value is -3.10. The van der Waals surface area contributed by atoms with Gasteiger partial charge in [0.05, 0.1) is 15.6 Å². The van der Waals surface area contributed by atoms with E-state index in [2.05, 4.69) is 30.7 Å². The Balaban J connectivity index is 1.85. The van der Waals surface area contributed by atoms with E-state index < -0.39 is 37.2 Å². The van der Waals surface area contributed by atoms with Crippen LogP contribution in [0.5, 0.6) is 0 Å². The number of nitro groups is 1. The summed E-state index contributed by atoms with van der Waals surface area (Å²) in [5.41, 5.74) is -0.908. The fraction of sp³-hybridized carbons (Fsp3) is 0.316. The quantitative estimate of drug-likeness (QED) is 0.354. The van der Waals surface area contributed by atoms with Crippen LogP contribution in [-0.4, -0.2) is 52.7 Å². The van der Waals surface area contributed by atoms with Gasteiger partial charge in [-0.3, -0.25) is 15.0 Å². The first kappa shape index (κ1) is 24.5. The van der Waals surface area contributed by atoms with Gasteiger partial charge in [-0.05, 0) is 48.8 Å². The number of benzene rings is 1. The number of halogens is 1. The number of para-hydroxylation sites is 1. The van der Waals surface area contributed by atoms with E-state index >= 15 is 0 Å². The highest BCUT2D eigenvalue weighted by Crippen LogP contribution is 2.23. The van der Waals surface area contributed by atoms with Crippen LogP contribution in [0.1, 0.15) is 20.8 Å². The van der Waals surface area contributed by atoms with Crippen molar-refractivity contribution >= 4 is 49.2 Å². The molecule has 0 saturated heterocycles. The van der Waals surface area contributed by atoms with E-state index in [9.17, 15) is 23.3 Å². The highest BCUT2D eigenvalue weighted by atomic mass is 79.9. The van der Waals surface area contributed by atoms with Gasteiger partial charge in [-0.25, -0.2) is 27.4 Å². The number of amides is 1. The smallest absolute Gasteiger partial charge is 0.416 e. The number of nitro benzene ring substituents is 1. The maximum absolute atomic E-state index is 12.9. The zero-order valence-corrected chi connectivity index (χ0v) is 20.3. The Bertz CT molecular complexity index is 1300. The van der Waals surface area contributed by atoms with Gasteiger partial charge in [0, 0.05) is 25.4 Å². The van der Waals surface area contributed by atoms with Gasteiger partial charge >= 0.3 is 6.09 Å². The molecule has 0 radical (unpaired) electrons. The molecule has 33 heavy (non-hydrogen) atoms. The van der Waals surface area contributed by atoms with E-state index in [1.54, 1.807) is 33.2 Å². The van der Waals surface area contributed by atoms with Gasteiger partial charge in [-0.1, -0.05) is 12.1 Å². The largest absolute Gasteiger partial charge is 0.443 e. The molecule has 176 valence electrons. The van der Waals surface area contributed by atoms with Gasteiger partial charge in [-0.15, -0.1) is 0 Å². The molecule has 0 bridgehead atoms. The highest BCUT2D eigenvalue weighted by Gasteiger charge is 2.28. The van der Waals surface area contributed by atoms with Crippen molar-refractivity contribution < 1.29 is 22.9 Å². The van der Waals surface area contributed by atoms with Crippen LogP contribution < -0.4 is 9.62 Å². The van der Waals surface area contributed by atoms with Crippen molar-refractivity contribution in [2.45, 2.75) is 31.3 Å². The van der Waals surface area contributed by atoms with Gasteiger partial charge in [0.2, 0.25) is 10.0 Å². The standard InChI is InChI=1S/C19H21BrN6O6S/c1-19(2,3)32-18(27)24(16-8-10-25-17(23-16)13(20)12-21-25)11-9-22-33(30,31)15-7-5-4-6-14(15)26(28)29/h4-8,10,12,22H,9,11H2,1-3H3. The summed E-state index contributed by atoms with van der Waals surface area (Å²) in [7, 11) is -4.22. The molecule has 2 heterocycles. The molecule has 3 rings (SSSR count). The van der Waals surface area contributed by atoms with Crippen LogP contribution in [0.3, 0.4) is 0 Å².